The molecule has 3 N–H and O–H groups in total. The van der Waals surface area contributed by atoms with Gasteiger partial charge >= 0.3 is 5.97 Å². The molecule has 1 rings (SSSR count). The summed E-state index contributed by atoms with van der Waals surface area (Å²) in [7, 11) is 1.49. The predicted molar refractivity (Wildman–Crippen MR) is 71.8 cm³/mol. The average Bonchev–Trinajstić information content (AvgIpc) is 2.28. The van der Waals surface area contributed by atoms with E-state index >= 15 is 0 Å². The Labute approximate surface area is 110 Å². The number of carbonyl (C=O) groups is 1. The molecule has 1 aromatic rings. The fourth-order valence-electron chi connectivity index (χ4n) is 1.18. The second-order valence-corrected chi connectivity index (χ2v) is 3.68. The molecule has 0 aliphatic carbocycles. The van der Waals surface area contributed by atoms with Crippen LogP contribution >= 0.6 is 12.2 Å². The van der Waals surface area contributed by atoms with E-state index in [9.17, 15) is 4.79 Å². The fraction of sp³-hybridized carbons (Fsp3) is 0.182. The van der Waals surface area contributed by atoms with Crippen LogP contribution in [0.15, 0.2) is 23.3 Å². The van der Waals surface area contributed by atoms with Gasteiger partial charge in [0.25, 0.3) is 0 Å². The molecule has 0 saturated heterocycles. The van der Waals surface area contributed by atoms with Gasteiger partial charge in [0.05, 0.1) is 13.3 Å². The first-order valence-electron chi connectivity index (χ1n) is 4.98. The number of hydrogen-bond acceptors (Lipinski definition) is 5. The van der Waals surface area contributed by atoms with Crippen molar-refractivity contribution in [2.45, 2.75) is 6.92 Å². The normalized spacial score (nSPS) is 10.1. The van der Waals surface area contributed by atoms with Crippen LogP contribution in [0.1, 0.15) is 12.5 Å². The number of thiocarbonyl (C=S) groups is 1. The lowest BCUT2D eigenvalue weighted by molar-refractivity contribution is -0.132. The van der Waals surface area contributed by atoms with Crippen LogP contribution in [0.2, 0.25) is 0 Å². The summed E-state index contributed by atoms with van der Waals surface area (Å²) in [6, 6.07) is 5.03. The summed E-state index contributed by atoms with van der Waals surface area (Å²) < 4.78 is 10.1. The molecule has 0 spiro atoms. The van der Waals surface area contributed by atoms with Crippen LogP contribution in [0.25, 0.3) is 0 Å². The number of hydrogen-bond donors (Lipinski definition) is 2. The molecule has 1 aromatic carbocycles. The molecule has 0 aromatic heterocycles. The quantitative estimate of drug-likeness (QED) is 0.276. The minimum atomic E-state index is -0.427. The number of nitrogens with one attached hydrogen (secondary N) is 1. The van der Waals surface area contributed by atoms with E-state index in [0.29, 0.717) is 17.1 Å². The van der Waals surface area contributed by atoms with E-state index in [1.165, 1.54) is 20.2 Å². The molecule has 6 nitrogen and oxygen atoms in total. The van der Waals surface area contributed by atoms with Gasteiger partial charge in [-0.3, -0.25) is 10.2 Å². The number of rotatable bonds is 4. The lowest BCUT2D eigenvalue weighted by Gasteiger charge is -2.08. The van der Waals surface area contributed by atoms with Gasteiger partial charge in [0.15, 0.2) is 16.6 Å². The van der Waals surface area contributed by atoms with Crippen molar-refractivity contribution < 1.29 is 14.3 Å². The van der Waals surface area contributed by atoms with Crippen LogP contribution in [0.3, 0.4) is 0 Å². The van der Waals surface area contributed by atoms with E-state index in [1.54, 1.807) is 18.2 Å². The maximum atomic E-state index is 10.9. The Morgan fingerprint density at radius 1 is 1.50 bits per heavy atom. The summed E-state index contributed by atoms with van der Waals surface area (Å²) in [5.41, 5.74) is 8.34. The van der Waals surface area contributed by atoms with Crippen molar-refractivity contribution in [2.24, 2.45) is 10.8 Å². The van der Waals surface area contributed by atoms with Gasteiger partial charge < -0.3 is 15.2 Å². The third kappa shape index (κ3) is 4.38. The molecule has 0 amide bonds. The third-order valence-electron chi connectivity index (χ3n) is 1.83. The Hall–Kier alpha value is -2.15. The summed E-state index contributed by atoms with van der Waals surface area (Å²) in [6.45, 7) is 1.31. The highest BCUT2D eigenvalue weighted by atomic mass is 32.1. The summed E-state index contributed by atoms with van der Waals surface area (Å²) in [6.07, 6.45) is 1.49. The predicted octanol–water partition coefficient (Wildman–Crippen LogP) is 0.788. The molecule has 0 saturated carbocycles. The maximum absolute atomic E-state index is 10.9. The maximum Gasteiger partial charge on any atom is 0.308 e. The molecule has 0 radical (unpaired) electrons. The zero-order chi connectivity index (χ0) is 13.5. The Bertz CT molecular complexity index is 488. The fourth-order valence-corrected chi connectivity index (χ4v) is 1.23. The molecule has 18 heavy (non-hydrogen) atoms. The van der Waals surface area contributed by atoms with E-state index in [-0.39, 0.29) is 5.11 Å². The van der Waals surface area contributed by atoms with E-state index in [4.69, 9.17) is 15.2 Å². The van der Waals surface area contributed by atoms with Crippen LogP contribution in [0, 0.1) is 0 Å². The number of benzene rings is 1. The van der Waals surface area contributed by atoms with Crippen molar-refractivity contribution in [3.8, 4) is 11.5 Å². The Morgan fingerprint density at radius 2 is 2.22 bits per heavy atom. The van der Waals surface area contributed by atoms with Gasteiger partial charge in [-0.25, -0.2) is 0 Å². The van der Waals surface area contributed by atoms with Gasteiger partial charge in [-0.15, -0.1) is 0 Å². The molecule has 0 aliphatic heterocycles. The number of carbonyl (C=O) groups excluding carboxylic acids is 1. The standard InChI is InChI=1S/C11H13N3O3S/c1-7(15)17-10-5-8(3-4-9(10)16-2)6-13-14-11(12)18/h3-6H,1-2H3,(H3,12,14,18). The largest absolute Gasteiger partial charge is 0.493 e. The van der Waals surface area contributed by atoms with Gasteiger partial charge in [-0.05, 0) is 36.0 Å². The Kier molecular flexibility index (Phi) is 5.06. The first kappa shape index (κ1) is 13.9. The lowest BCUT2D eigenvalue weighted by Crippen LogP contribution is -2.23. The van der Waals surface area contributed by atoms with Crippen molar-refractivity contribution in [3.63, 3.8) is 0 Å². The molecule has 7 heteroatoms. The topological polar surface area (TPSA) is 85.9 Å². The summed E-state index contributed by atoms with van der Waals surface area (Å²) in [5.74, 6) is 0.359. The van der Waals surface area contributed by atoms with Crippen LogP contribution in [0.5, 0.6) is 11.5 Å². The van der Waals surface area contributed by atoms with Gasteiger partial charge in [0.1, 0.15) is 0 Å². The molecule has 96 valence electrons. The van der Waals surface area contributed by atoms with Crippen LogP contribution in [0.4, 0.5) is 0 Å². The smallest absolute Gasteiger partial charge is 0.308 e. The van der Waals surface area contributed by atoms with Gasteiger partial charge in [-0.2, -0.15) is 5.10 Å². The third-order valence-corrected chi connectivity index (χ3v) is 1.92. The Morgan fingerprint density at radius 3 is 2.78 bits per heavy atom. The highest BCUT2D eigenvalue weighted by Crippen LogP contribution is 2.27. The molecule has 0 unspecified atom stereocenters. The molecule has 0 aliphatic rings. The van der Waals surface area contributed by atoms with Gasteiger partial charge in [-0.1, -0.05) is 0 Å². The first-order valence-corrected chi connectivity index (χ1v) is 5.38. The summed E-state index contributed by atoms with van der Waals surface area (Å²) in [4.78, 5) is 10.9. The van der Waals surface area contributed by atoms with E-state index in [1.807, 2.05) is 0 Å². The average molecular weight is 267 g/mol. The summed E-state index contributed by atoms with van der Waals surface area (Å²) in [5, 5.41) is 3.86. The number of hydrazone groups is 1. The van der Waals surface area contributed by atoms with Gasteiger partial charge in [0, 0.05) is 6.92 Å². The Balaban J connectivity index is 2.91. The van der Waals surface area contributed by atoms with Crippen LogP contribution in [-0.2, 0) is 4.79 Å². The molecule has 0 bridgehead atoms. The van der Waals surface area contributed by atoms with Gasteiger partial charge in [0.2, 0.25) is 0 Å². The number of esters is 1. The number of methoxy groups -OCH3 is 1. The second-order valence-electron chi connectivity index (χ2n) is 3.24. The van der Waals surface area contributed by atoms with E-state index in [2.05, 4.69) is 22.7 Å². The molecular formula is C11H13N3O3S. The minimum absolute atomic E-state index is 0.0694. The van der Waals surface area contributed by atoms with Crippen molar-refractivity contribution in [3.05, 3.63) is 23.8 Å². The molecule has 0 atom stereocenters. The molecule has 0 fully saturated rings. The summed E-state index contributed by atoms with van der Waals surface area (Å²) >= 11 is 4.60. The van der Waals surface area contributed by atoms with Crippen molar-refractivity contribution in [1.82, 2.24) is 5.43 Å². The monoisotopic (exact) mass is 267 g/mol. The minimum Gasteiger partial charge on any atom is -0.493 e. The zero-order valence-corrected chi connectivity index (χ0v) is 10.8. The van der Waals surface area contributed by atoms with Crippen molar-refractivity contribution >= 4 is 29.5 Å². The SMILES string of the molecule is COc1ccc(C=NNC(N)=S)cc1OC(C)=O. The molecule has 0 heterocycles. The number of nitrogens with zero attached hydrogens (tertiary/aromatic N) is 1. The highest BCUT2D eigenvalue weighted by molar-refractivity contribution is 7.80. The first-order chi connectivity index (χ1) is 8.52. The van der Waals surface area contributed by atoms with Crippen molar-refractivity contribution in [1.29, 1.82) is 0 Å². The highest BCUT2D eigenvalue weighted by Gasteiger charge is 2.07. The van der Waals surface area contributed by atoms with Crippen LogP contribution < -0.4 is 20.6 Å². The molecular weight excluding hydrogens is 254 g/mol. The lowest BCUT2D eigenvalue weighted by atomic mass is 10.2. The van der Waals surface area contributed by atoms with E-state index < -0.39 is 5.97 Å². The number of ether oxygens (including phenoxy) is 2. The number of nitrogens with two attached hydrogens (primary N) is 1. The zero-order valence-electron chi connectivity index (χ0n) is 9.97. The van der Waals surface area contributed by atoms with Crippen molar-refractivity contribution in [2.75, 3.05) is 7.11 Å². The second kappa shape index (κ2) is 6.55. The van der Waals surface area contributed by atoms with Crippen LogP contribution in [-0.4, -0.2) is 24.4 Å². The van der Waals surface area contributed by atoms with E-state index in [0.717, 1.165) is 0 Å².